The van der Waals surface area contributed by atoms with Gasteiger partial charge in [0.05, 0.1) is 21.2 Å². The summed E-state index contributed by atoms with van der Waals surface area (Å²) in [5.41, 5.74) is -0.247. The predicted octanol–water partition coefficient (Wildman–Crippen LogP) is 6.34. The van der Waals surface area contributed by atoms with E-state index in [0.717, 1.165) is 22.1 Å². The van der Waals surface area contributed by atoms with Crippen LogP contribution in [0.3, 0.4) is 0 Å². The van der Waals surface area contributed by atoms with E-state index in [0.29, 0.717) is 12.1 Å². The topological polar surface area (TPSA) is 119 Å². The summed E-state index contributed by atoms with van der Waals surface area (Å²) in [6.45, 7) is 3.66. The van der Waals surface area contributed by atoms with E-state index in [4.69, 9.17) is 16.3 Å². The van der Waals surface area contributed by atoms with Gasteiger partial charge in [-0.2, -0.15) is 13.2 Å². The Balaban J connectivity index is 1.64. The van der Waals surface area contributed by atoms with E-state index < -0.39 is 45.9 Å². The molecule has 0 radical (unpaired) electrons. The van der Waals surface area contributed by atoms with Crippen LogP contribution in [0.4, 0.5) is 29.3 Å². The number of imide groups is 2. The van der Waals surface area contributed by atoms with E-state index in [-0.39, 0.29) is 27.6 Å². The number of carbonyl (C=O) groups excluding carboxylic acids is 3. The number of hydrogen-bond acceptors (Lipinski definition) is 6. The molecule has 0 aromatic heterocycles. The number of amides is 4. The Morgan fingerprint density at radius 2 is 1.67 bits per heavy atom. The number of ether oxygens (including phenoxy) is 1. The second kappa shape index (κ2) is 10.2. The number of rotatable bonds is 5. The molecular weight excluding hydrogens is 543 g/mol. The Bertz CT molecular complexity index is 1590. The number of alkyl halides is 3. The van der Waals surface area contributed by atoms with Crippen molar-refractivity contribution in [3.05, 3.63) is 97.6 Å². The molecule has 1 aliphatic heterocycles. The van der Waals surface area contributed by atoms with Crippen LogP contribution in [-0.2, 0) is 15.8 Å². The highest BCUT2D eigenvalue weighted by atomic mass is 35.5. The fourth-order valence-electron chi connectivity index (χ4n) is 3.65. The molecule has 1 N–H and O–H groups in total. The van der Waals surface area contributed by atoms with Gasteiger partial charge in [-0.25, -0.2) is 9.69 Å². The number of aryl methyl sites for hydroxylation is 2. The molecular formula is C26H17ClF3N3O6. The minimum absolute atomic E-state index is 0.121. The zero-order valence-electron chi connectivity index (χ0n) is 20.1. The SMILES string of the molecule is Cc1ccc(N2C(=O)NC(=O)/C(=C\c3ccc(Oc4ccc(C(F)(F)F)cc4[N+](=O)[O-])c(Cl)c3)C2=O)cc1C. The predicted molar refractivity (Wildman–Crippen MR) is 135 cm³/mol. The van der Waals surface area contributed by atoms with Crippen molar-refractivity contribution in [1.29, 1.82) is 0 Å². The molecule has 0 spiro atoms. The summed E-state index contributed by atoms with van der Waals surface area (Å²) in [5.74, 6) is -2.41. The first-order valence-corrected chi connectivity index (χ1v) is 11.5. The summed E-state index contributed by atoms with van der Waals surface area (Å²) in [7, 11) is 0. The fourth-order valence-corrected chi connectivity index (χ4v) is 3.88. The quantitative estimate of drug-likeness (QED) is 0.169. The molecule has 9 nitrogen and oxygen atoms in total. The number of carbonyl (C=O) groups is 3. The third-order valence-electron chi connectivity index (χ3n) is 5.82. The molecule has 1 heterocycles. The molecule has 4 rings (SSSR count). The number of nitro groups is 1. The average Bonchev–Trinajstić information content (AvgIpc) is 2.84. The van der Waals surface area contributed by atoms with Gasteiger partial charge in [-0.1, -0.05) is 23.7 Å². The van der Waals surface area contributed by atoms with E-state index in [1.165, 1.54) is 24.3 Å². The molecule has 1 fully saturated rings. The lowest BCUT2D eigenvalue weighted by atomic mass is 10.0. The monoisotopic (exact) mass is 559 g/mol. The van der Waals surface area contributed by atoms with E-state index in [2.05, 4.69) is 5.32 Å². The van der Waals surface area contributed by atoms with Gasteiger partial charge >= 0.3 is 17.9 Å². The van der Waals surface area contributed by atoms with Crippen LogP contribution in [0.15, 0.2) is 60.2 Å². The van der Waals surface area contributed by atoms with Gasteiger partial charge in [0.2, 0.25) is 5.75 Å². The van der Waals surface area contributed by atoms with Crippen LogP contribution in [0.5, 0.6) is 11.5 Å². The number of barbiturate groups is 1. The van der Waals surface area contributed by atoms with Crippen molar-refractivity contribution < 1.29 is 37.2 Å². The molecule has 4 amide bonds. The maximum absolute atomic E-state index is 13.1. The molecule has 0 atom stereocenters. The number of nitro benzene ring substituents is 1. The molecule has 1 aliphatic rings. The largest absolute Gasteiger partial charge is 0.449 e. The Labute approximate surface area is 223 Å². The standard InChI is InChI=1S/C26H17ClF3N3O6/c1-13-3-6-17(9-14(13)2)32-24(35)18(23(34)31-25(32)36)10-15-4-7-21(19(27)11-15)39-22-8-5-16(26(28,29)30)12-20(22)33(37)38/h3-12H,1-2H3,(H,31,34,36)/b18-10+. The first-order valence-electron chi connectivity index (χ1n) is 11.1. The van der Waals surface area contributed by atoms with Crippen molar-refractivity contribution in [2.45, 2.75) is 20.0 Å². The molecule has 39 heavy (non-hydrogen) atoms. The lowest BCUT2D eigenvalue weighted by Crippen LogP contribution is -2.54. The number of halogens is 4. The van der Waals surface area contributed by atoms with Crippen molar-refractivity contribution in [3.63, 3.8) is 0 Å². The number of urea groups is 1. The minimum Gasteiger partial charge on any atom is -0.449 e. The van der Waals surface area contributed by atoms with E-state index in [9.17, 15) is 37.7 Å². The summed E-state index contributed by atoms with van der Waals surface area (Å²) in [5, 5.41) is 13.3. The molecule has 0 aliphatic carbocycles. The van der Waals surface area contributed by atoms with Crippen LogP contribution in [0.25, 0.3) is 6.08 Å². The van der Waals surface area contributed by atoms with Gasteiger partial charge in [0.15, 0.2) is 0 Å². The summed E-state index contributed by atoms with van der Waals surface area (Å²) >= 11 is 6.23. The van der Waals surface area contributed by atoms with Crippen LogP contribution in [0.1, 0.15) is 22.3 Å². The van der Waals surface area contributed by atoms with Crippen molar-refractivity contribution in [2.24, 2.45) is 0 Å². The number of anilines is 1. The van der Waals surface area contributed by atoms with Gasteiger partial charge in [-0.05, 0) is 73.0 Å². The number of nitrogens with zero attached hydrogens (tertiary/aromatic N) is 2. The Morgan fingerprint density at radius 1 is 0.974 bits per heavy atom. The highest BCUT2D eigenvalue weighted by Gasteiger charge is 2.37. The number of nitrogens with one attached hydrogen (secondary N) is 1. The Morgan fingerprint density at radius 3 is 2.28 bits per heavy atom. The molecule has 0 saturated carbocycles. The summed E-state index contributed by atoms with van der Waals surface area (Å²) in [6.07, 6.45) is -3.61. The van der Waals surface area contributed by atoms with Crippen LogP contribution < -0.4 is 15.0 Å². The lowest BCUT2D eigenvalue weighted by molar-refractivity contribution is -0.385. The lowest BCUT2D eigenvalue weighted by Gasteiger charge is -2.26. The Hall–Kier alpha value is -4.71. The Kier molecular flexibility index (Phi) is 7.16. The van der Waals surface area contributed by atoms with Crippen molar-refractivity contribution in [1.82, 2.24) is 5.32 Å². The molecule has 3 aromatic rings. The summed E-state index contributed by atoms with van der Waals surface area (Å²) in [4.78, 5) is 49.1. The van der Waals surface area contributed by atoms with Gasteiger partial charge in [0, 0.05) is 6.07 Å². The maximum atomic E-state index is 13.1. The van der Waals surface area contributed by atoms with E-state index in [1.807, 2.05) is 6.92 Å². The van der Waals surface area contributed by atoms with Crippen LogP contribution in [-0.4, -0.2) is 22.8 Å². The first-order chi connectivity index (χ1) is 18.3. The summed E-state index contributed by atoms with van der Waals surface area (Å²) < 4.78 is 44.3. The van der Waals surface area contributed by atoms with Crippen molar-refractivity contribution in [3.8, 4) is 11.5 Å². The van der Waals surface area contributed by atoms with E-state index in [1.54, 1.807) is 25.1 Å². The smallest absolute Gasteiger partial charge is 0.416 e. The first kappa shape index (κ1) is 27.3. The van der Waals surface area contributed by atoms with E-state index >= 15 is 0 Å². The molecule has 0 unspecified atom stereocenters. The van der Waals surface area contributed by atoms with Crippen LogP contribution in [0, 0.1) is 24.0 Å². The zero-order chi connectivity index (χ0) is 28.6. The second-order valence-electron chi connectivity index (χ2n) is 8.46. The average molecular weight is 560 g/mol. The zero-order valence-corrected chi connectivity index (χ0v) is 20.9. The van der Waals surface area contributed by atoms with Crippen molar-refractivity contribution >= 4 is 46.9 Å². The number of hydrogen-bond donors (Lipinski definition) is 1. The highest BCUT2D eigenvalue weighted by molar-refractivity contribution is 6.39. The van der Waals surface area contributed by atoms with Gasteiger partial charge in [-0.15, -0.1) is 0 Å². The van der Waals surface area contributed by atoms with Crippen LogP contribution in [0.2, 0.25) is 5.02 Å². The fraction of sp³-hybridized carbons (Fsp3) is 0.115. The molecule has 1 saturated heterocycles. The minimum atomic E-state index is -4.79. The molecule has 200 valence electrons. The third kappa shape index (κ3) is 5.60. The molecule has 3 aromatic carbocycles. The van der Waals surface area contributed by atoms with Crippen molar-refractivity contribution in [2.75, 3.05) is 4.90 Å². The van der Waals surface area contributed by atoms with Gasteiger partial charge < -0.3 is 4.74 Å². The molecule has 13 heteroatoms. The van der Waals surface area contributed by atoms with Crippen LogP contribution >= 0.6 is 11.6 Å². The summed E-state index contributed by atoms with van der Waals surface area (Å²) in [6, 6.07) is 9.68. The van der Waals surface area contributed by atoms with Gasteiger partial charge in [0.25, 0.3) is 11.8 Å². The molecule has 0 bridgehead atoms. The highest BCUT2D eigenvalue weighted by Crippen LogP contribution is 2.39. The number of benzene rings is 3. The third-order valence-corrected chi connectivity index (χ3v) is 6.12. The van der Waals surface area contributed by atoms with Gasteiger partial charge in [0.1, 0.15) is 11.3 Å². The van der Waals surface area contributed by atoms with Gasteiger partial charge in [-0.3, -0.25) is 25.0 Å². The maximum Gasteiger partial charge on any atom is 0.416 e. The normalized spacial score (nSPS) is 15.0. The second-order valence-corrected chi connectivity index (χ2v) is 8.86.